The molecule has 0 aromatic heterocycles. The van der Waals surface area contributed by atoms with Gasteiger partial charge in [-0.3, -0.25) is 14.5 Å². The van der Waals surface area contributed by atoms with E-state index in [1.54, 1.807) is 18.2 Å². The molecule has 2 N–H and O–H groups in total. The number of amides is 1. The normalized spacial score (nSPS) is 20.8. The Labute approximate surface area is 152 Å². The lowest BCUT2D eigenvalue weighted by Crippen LogP contribution is -2.36. The van der Waals surface area contributed by atoms with E-state index in [2.05, 4.69) is 5.32 Å². The number of methoxy groups -OCH3 is 1. The molecule has 2 rings (SSSR count). The first kappa shape index (κ1) is 20.3. The van der Waals surface area contributed by atoms with Crippen molar-refractivity contribution in [2.75, 3.05) is 26.7 Å². The van der Waals surface area contributed by atoms with E-state index in [0.29, 0.717) is 16.3 Å². The van der Waals surface area contributed by atoms with E-state index in [0.717, 1.165) is 0 Å². The number of carbonyl (C=O) groups excluding carboxylic acids is 1. The van der Waals surface area contributed by atoms with Crippen LogP contribution >= 0.6 is 11.6 Å². The number of aliphatic carboxylic acids is 1. The summed E-state index contributed by atoms with van der Waals surface area (Å²) in [4.78, 5) is 24.3. The number of hydrogen-bond acceptors (Lipinski definition) is 4. The molecular formula is C16H18ClF3N2O4. The number of hydrogen-bond donors (Lipinski definition) is 2. The lowest BCUT2D eigenvalue weighted by molar-refractivity contribution is -0.188. The number of nitrogens with zero attached hydrogens (tertiary/aromatic N) is 1. The molecule has 0 bridgehead atoms. The molecule has 1 aliphatic heterocycles. The topological polar surface area (TPSA) is 78.9 Å². The first-order valence-electron chi connectivity index (χ1n) is 7.72. The van der Waals surface area contributed by atoms with Gasteiger partial charge in [-0.25, -0.2) is 0 Å². The highest BCUT2D eigenvalue weighted by Crippen LogP contribution is 2.37. The van der Waals surface area contributed by atoms with Crippen LogP contribution in [0.25, 0.3) is 0 Å². The van der Waals surface area contributed by atoms with E-state index in [1.165, 1.54) is 12.0 Å². The average Bonchev–Trinajstić information content (AvgIpc) is 2.97. The smallest absolute Gasteiger partial charge is 0.393 e. The third-order valence-electron chi connectivity index (χ3n) is 4.22. The number of rotatable bonds is 6. The number of alkyl halides is 3. The van der Waals surface area contributed by atoms with Crippen LogP contribution in [0.3, 0.4) is 0 Å². The van der Waals surface area contributed by atoms with E-state index in [-0.39, 0.29) is 19.6 Å². The highest BCUT2D eigenvalue weighted by molar-refractivity contribution is 6.30. The van der Waals surface area contributed by atoms with Crippen LogP contribution in [-0.2, 0) is 16.1 Å². The molecule has 1 aliphatic rings. The third kappa shape index (κ3) is 5.01. The molecule has 6 nitrogen and oxygen atoms in total. The van der Waals surface area contributed by atoms with Gasteiger partial charge in [-0.05, 0) is 18.2 Å². The monoisotopic (exact) mass is 394 g/mol. The summed E-state index contributed by atoms with van der Waals surface area (Å²) >= 11 is 5.89. The molecule has 1 fully saturated rings. The molecule has 2 atom stereocenters. The van der Waals surface area contributed by atoms with Gasteiger partial charge in [0.05, 0.1) is 25.5 Å². The second-order valence-corrected chi connectivity index (χ2v) is 6.46. The Morgan fingerprint density at radius 3 is 2.62 bits per heavy atom. The third-order valence-corrected chi connectivity index (χ3v) is 4.45. The van der Waals surface area contributed by atoms with Gasteiger partial charge in [0.15, 0.2) is 0 Å². The molecule has 0 radical (unpaired) electrons. The largest absolute Gasteiger partial charge is 0.496 e. The summed E-state index contributed by atoms with van der Waals surface area (Å²) in [5.74, 6) is -5.08. The number of benzene rings is 1. The van der Waals surface area contributed by atoms with Gasteiger partial charge in [-0.2, -0.15) is 13.2 Å². The number of likely N-dealkylation sites (tertiary alicyclic amines) is 1. The molecule has 0 saturated carbocycles. The zero-order valence-corrected chi connectivity index (χ0v) is 14.6. The standard InChI is InChI=1S/C16H18ClF3N2O4/c1-26-13-3-2-10(17)4-9(13)5-21-14(23)8-22-6-11(15(24)25)12(7-22)16(18,19)20/h2-4,11-12H,5-8H2,1H3,(H,21,23)(H,24,25)/t11-,12-/m1/s1. The SMILES string of the molecule is COc1ccc(Cl)cc1CNC(=O)CN1C[C@@H](C(F)(F)F)[C@H](C(=O)O)C1. The van der Waals surface area contributed by atoms with Gasteiger partial charge >= 0.3 is 12.1 Å². The van der Waals surface area contributed by atoms with Crippen LogP contribution in [0.2, 0.25) is 5.02 Å². The number of halogens is 4. The van der Waals surface area contributed by atoms with Crippen molar-refractivity contribution in [1.82, 2.24) is 10.2 Å². The Balaban J connectivity index is 1.94. The lowest BCUT2D eigenvalue weighted by atomic mass is 9.96. The summed E-state index contributed by atoms with van der Waals surface area (Å²) in [5.41, 5.74) is 0.617. The van der Waals surface area contributed by atoms with E-state index < -0.39 is 36.4 Å². The predicted molar refractivity (Wildman–Crippen MR) is 87.0 cm³/mol. The van der Waals surface area contributed by atoms with Crippen molar-refractivity contribution in [3.8, 4) is 5.75 Å². The second kappa shape index (κ2) is 8.13. The van der Waals surface area contributed by atoms with Crippen molar-refractivity contribution in [3.05, 3.63) is 28.8 Å². The molecule has 0 unspecified atom stereocenters. The van der Waals surface area contributed by atoms with Crippen LogP contribution in [0, 0.1) is 11.8 Å². The summed E-state index contributed by atoms with van der Waals surface area (Å²) in [5, 5.41) is 12.0. The van der Waals surface area contributed by atoms with E-state index in [1.807, 2.05) is 0 Å². The quantitative estimate of drug-likeness (QED) is 0.773. The minimum atomic E-state index is -4.62. The maximum absolute atomic E-state index is 13.0. The maximum Gasteiger partial charge on any atom is 0.393 e. The molecular weight excluding hydrogens is 377 g/mol. The molecule has 26 heavy (non-hydrogen) atoms. The summed E-state index contributed by atoms with van der Waals surface area (Å²) in [6.07, 6.45) is -4.62. The fraction of sp³-hybridized carbons (Fsp3) is 0.500. The second-order valence-electron chi connectivity index (χ2n) is 6.02. The molecule has 0 spiro atoms. The van der Waals surface area contributed by atoms with Gasteiger partial charge in [0, 0.05) is 30.2 Å². The van der Waals surface area contributed by atoms with Gasteiger partial charge in [-0.1, -0.05) is 11.6 Å². The Morgan fingerprint density at radius 1 is 1.38 bits per heavy atom. The van der Waals surface area contributed by atoms with Crippen LogP contribution in [0.4, 0.5) is 13.2 Å². The number of carbonyl (C=O) groups is 2. The van der Waals surface area contributed by atoms with Gasteiger partial charge in [0.2, 0.25) is 5.91 Å². The molecule has 0 aliphatic carbocycles. The van der Waals surface area contributed by atoms with Gasteiger partial charge < -0.3 is 15.2 Å². The van der Waals surface area contributed by atoms with E-state index in [9.17, 15) is 22.8 Å². The van der Waals surface area contributed by atoms with Crippen LogP contribution in [0.5, 0.6) is 5.75 Å². The summed E-state index contributed by atoms with van der Waals surface area (Å²) in [7, 11) is 1.46. The van der Waals surface area contributed by atoms with Gasteiger partial charge in [0.1, 0.15) is 5.75 Å². The van der Waals surface area contributed by atoms with Crippen molar-refractivity contribution >= 4 is 23.5 Å². The van der Waals surface area contributed by atoms with Crippen molar-refractivity contribution in [3.63, 3.8) is 0 Å². The van der Waals surface area contributed by atoms with Crippen LogP contribution in [0.15, 0.2) is 18.2 Å². The number of ether oxygens (including phenoxy) is 1. The minimum absolute atomic E-state index is 0.0848. The highest BCUT2D eigenvalue weighted by Gasteiger charge is 2.52. The van der Waals surface area contributed by atoms with E-state index in [4.69, 9.17) is 21.4 Å². The highest BCUT2D eigenvalue weighted by atomic mass is 35.5. The molecule has 1 heterocycles. The van der Waals surface area contributed by atoms with Crippen molar-refractivity contribution < 1.29 is 32.6 Å². The molecule has 1 aromatic carbocycles. The molecule has 10 heteroatoms. The van der Waals surface area contributed by atoms with Crippen molar-refractivity contribution in [2.45, 2.75) is 12.7 Å². The zero-order chi connectivity index (χ0) is 19.5. The fourth-order valence-electron chi connectivity index (χ4n) is 2.93. The number of carboxylic acids is 1. The Kier molecular flexibility index (Phi) is 6.35. The Morgan fingerprint density at radius 2 is 2.08 bits per heavy atom. The maximum atomic E-state index is 13.0. The minimum Gasteiger partial charge on any atom is -0.496 e. The van der Waals surface area contributed by atoms with E-state index >= 15 is 0 Å². The summed E-state index contributed by atoms with van der Waals surface area (Å²) in [6.45, 7) is -1.08. The zero-order valence-electron chi connectivity index (χ0n) is 13.8. The van der Waals surface area contributed by atoms with Crippen molar-refractivity contribution in [2.24, 2.45) is 11.8 Å². The molecule has 1 amide bonds. The first-order valence-corrected chi connectivity index (χ1v) is 8.10. The Bertz CT molecular complexity index is 684. The van der Waals surface area contributed by atoms with Crippen LogP contribution in [-0.4, -0.2) is 54.8 Å². The summed E-state index contributed by atoms with van der Waals surface area (Å²) < 4.78 is 44.0. The predicted octanol–water partition coefficient (Wildman–Crippen LogP) is 2.16. The number of nitrogens with one attached hydrogen (secondary N) is 1. The summed E-state index contributed by atoms with van der Waals surface area (Å²) in [6, 6.07) is 4.87. The number of carboxylic acid groups (broad SMARTS) is 1. The fourth-order valence-corrected chi connectivity index (χ4v) is 3.13. The van der Waals surface area contributed by atoms with Gasteiger partial charge in [0.25, 0.3) is 0 Å². The molecule has 144 valence electrons. The van der Waals surface area contributed by atoms with Crippen LogP contribution in [0.1, 0.15) is 5.56 Å². The lowest BCUT2D eigenvalue weighted by Gasteiger charge is -2.18. The molecule has 1 saturated heterocycles. The van der Waals surface area contributed by atoms with Gasteiger partial charge in [-0.15, -0.1) is 0 Å². The Hall–Kier alpha value is -2.00. The van der Waals surface area contributed by atoms with Crippen LogP contribution < -0.4 is 10.1 Å². The average molecular weight is 395 g/mol. The first-order chi connectivity index (χ1) is 12.1. The molecule has 1 aromatic rings. The van der Waals surface area contributed by atoms with Crippen molar-refractivity contribution in [1.29, 1.82) is 0 Å².